The van der Waals surface area contributed by atoms with Gasteiger partial charge in [-0.2, -0.15) is 0 Å². The molecule has 1 aromatic carbocycles. The summed E-state index contributed by atoms with van der Waals surface area (Å²) < 4.78 is 36.3. The first-order valence-corrected chi connectivity index (χ1v) is 8.18. The molecule has 0 aromatic heterocycles. The molecule has 1 aliphatic heterocycles. The summed E-state index contributed by atoms with van der Waals surface area (Å²) >= 11 is 0. The minimum atomic E-state index is -2.96. The van der Waals surface area contributed by atoms with Crippen molar-refractivity contribution < 1.29 is 12.8 Å². The van der Waals surface area contributed by atoms with Crippen LogP contribution in [0.25, 0.3) is 0 Å². The summed E-state index contributed by atoms with van der Waals surface area (Å²) in [4.78, 5) is 2.01. The van der Waals surface area contributed by atoms with Crippen LogP contribution in [0.4, 0.5) is 4.39 Å². The van der Waals surface area contributed by atoms with E-state index in [1.165, 1.54) is 12.1 Å². The average Bonchev–Trinajstić information content (AvgIpc) is 2.33. The molecule has 20 heavy (non-hydrogen) atoms. The second-order valence-electron chi connectivity index (χ2n) is 5.15. The van der Waals surface area contributed by atoms with Gasteiger partial charge in [-0.1, -0.05) is 6.07 Å². The van der Waals surface area contributed by atoms with E-state index in [9.17, 15) is 12.8 Å². The van der Waals surface area contributed by atoms with Crippen LogP contribution in [0.5, 0.6) is 0 Å². The second kappa shape index (κ2) is 5.49. The number of amidine groups is 1. The van der Waals surface area contributed by atoms with E-state index < -0.39 is 15.7 Å². The third kappa shape index (κ3) is 3.34. The lowest BCUT2D eigenvalue weighted by Gasteiger charge is -2.33. The molecule has 1 aromatic rings. The quantitative estimate of drug-likeness (QED) is 0.636. The minimum absolute atomic E-state index is 0.0985. The number of nitrogen functional groups attached to an aromatic ring is 1. The van der Waals surface area contributed by atoms with Gasteiger partial charge in [0.2, 0.25) is 0 Å². The monoisotopic (exact) mass is 299 g/mol. The van der Waals surface area contributed by atoms with Gasteiger partial charge in [0, 0.05) is 24.7 Å². The molecule has 1 heterocycles. The molecule has 0 bridgehead atoms. The number of rotatable bonds is 3. The number of nitrogens with one attached hydrogen (secondary N) is 1. The van der Waals surface area contributed by atoms with Crippen molar-refractivity contribution in [1.82, 2.24) is 4.90 Å². The Balaban J connectivity index is 2.21. The second-order valence-corrected chi connectivity index (χ2v) is 7.38. The Morgan fingerprint density at radius 1 is 1.55 bits per heavy atom. The molecule has 110 valence electrons. The molecule has 0 saturated carbocycles. The maximum absolute atomic E-state index is 13.2. The Hall–Kier alpha value is -1.47. The van der Waals surface area contributed by atoms with Gasteiger partial charge in [-0.05, 0) is 24.6 Å². The molecule has 3 N–H and O–H groups in total. The van der Waals surface area contributed by atoms with Crippen molar-refractivity contribution in [1.29, 1.82) is 5.41 Å². The zero-order chi connectivity index (χ0) is 14.9. The Labute approximate surface area is 118 Å². The van der Waals surface area contributed by atoms with Crippen molar-refractivity contribution in [2.24, 2.45) is 5.73 Å². The van der Waals surface area contributed by atoms with Gasteiger partial charge in [0.1, 0.15) is 11.7 Å². The maximum atomic E-state index is 13.2. The van der Waals surface area contributed by atoms with Gasteiger partial charge in [-0.3, -0.25) is 10.3 Å². The van der Waals surface area contributed by atoms with Crippen LogP contribution in [0.1, 0.15) is 18.1 Å². The van der Waals surface area contributed by atoms with Crippen molar-refractivity contribution in [3.05, 3.63) is 35.1 Å². The molecule has 5 nitrogen and oxygen atoms in total. The summed E-state index contributed by atoms with van der Waals surface area (Å²) in [6.45, 7) is 2.76. The predicted molar refractivity (Wildman–Crippen MR) is 75.9 cm³/mol. The van der Waals surface area contributed by atoms with E-state index in [0.29, 0.717) is 18.7 Å². The van der Waals surface area contributed by atoms with Crippen molar-refractivity contribution in [2.45, 2.75) is 19.5 Å². The highest BCUT2D eigenvalue weighted by molar-refractivity contribution is 7.91. The lowest BCUT2D eigenvalue weighted by Crippen LogP contribution is -2.46. The van der Waals surface area contributed by atoms with Crippen LogP contribution in [0.15, 0.2) is 18.2 Å². The molecule has 1 fully saturated rings. The molecule has 1 saturated heterocycles. The van der Waals surface area contributed by atoms with Crippen LogP contribution in [0, 0.1) is 11.2 Å². The zero-order valence-electron chi connectivity index (χ0n) is 11.3. The summed E-state index contributed by atoms with van der Waals surface area (Å²) in [5.41, 5.74) is 6.58. The van der Waals surface area contributed by atoms with E-state index in [1.54, 1.807) is 6.07 Å². The van der Waals surface area contributed by atoms with E-state index in [2.05, 4.69) is 0 Å². The van der Waals surface area contributed by atoms with Gasteiger partial charge in [0.15, 0.2) is 9.84 Å². The van der Waals surface area contributed by atoms with Crippen molar-refractivity contribution in [2.75, 3.05) is 18.1 Å². The van der Waals surface area contributed by atoms with Crippen LogP contribution in [0.2, 0.25) is 0 Å². The highest BCUT2D eigenvalue weighted by atomic mass is 32.2. The standard InChI is InChI=1S/C13H18FN3O2S/c1-9-8-20(18,19)5-4-17(9)7-10-2-3-11(14)6-12(10)13(15)16/h2-3,6,9H,4-5,7-8H2,1H3,(H3,15,16). The average molecular weight is 299 g/mol. The van der Waals surface area contributed by atoms with Gasteiger partial charge >= 0.3 is 0 Å². The maximum Gasteiger partial charge on any atom is 0.153 e. The van der Waals surface area contributed by atoms with Crippen molar-refractivity contribution >= 4 is 15.7 Å². The number of hydrogen-bond acceptors (Lipinski definition) is 4. The summed E-state index contributed by atoms with van der Waals surface area (Å²) in [6, 6.07) is 4.07. The number of sulfone groups is 1. The van der Waals surface area contributed by atoms with Crippen LogP contribution >= 0.6 is 0 Å². The summed E-state index contributed by atoms with van der Waals surface area (Å²) in [5.74, 6) is -0.359. The fourth-order valence-electron chi connectivity index (χ4n) is 2.42. The SMILES string of the molecule is CC1CS(=O)(=O)CCN1Cc1ccc(F)cc1C(=N)N. The van der Waals surface area contributed by atoms with Gasteiger partial charge in [-0.25, -0.2) is 12.8 Å². The molecule has 2 rings (SSSR count). The van der Waals surface area contributed by atoms with Gasteiger partial charge < -0.3 is 5.73 Å². The largest absolute Gasteiger partial charge is 0.384 e. The molecule has 0 amide bonds. The number of benzene rings is 1. The topological polar surface area (TPSA) is 87.2 Å². The fraction of sp³-hybridized carbons (Fsp3) is 0.462. The highest BCUT2D eigenvalue weighted by Crippen LogP contribution is 2.18. The number of nitrogens with zero attached hydrogens (tertiary/aromatic N) is 1. The normalized spacial score (nSPS) is 22.6. The van der Waals surface area contributed by atoms with E-state index >= 15 is 0 Å². The number of hydrogen-bond donors (Lipinski definition) is 2. The van der Waals surface area contributed by atoms with Gasteiger partial charge in [-0.15, -0.1) is 0 Å². The highest BCUT2D eigenvalue weighted by Gasteiger charge is 2.28. The molecule has 1 unspecified atom stereocenters. The van der Waals surface area contributed by atoms with E-state index in [-0.39, 0.29) is 23.4 Å². The lowest BCUT2D eigenvalue weighted by molar-refractivity contribution is 0.218. The smallest absolute Gasteiger partial charge is 0.153 e. The Bertz CT molecular complexity index is 631. The Morgan fingerprint density at radius 2 is 2.25 bits per heavy atom. The predicted octanol–water partition coefficient (Wildman–Crippen LogP) is 0.729. The summed E-state index contributed by atoms with van der Waals surface area (Å²) in [6.07, 6.45) is 0. The molecule has 0 spiro atoms. The van der Waals surface area contributed by atoms with Crippen molar-refractivity contribution in [3.63, 3.8) is 0 Å². The fourth-order valence-corrected chi connectivity index (χ4v) is 4.05. The number of nitrogens with two attached hydrogens (primary N) is 1. The van der Waals surface area contributed by atoms with Crippen LogP contribution in [-0.4, -0.2) is 43.2 Å². The Morgan fingerprint density at radius 3 is 2.85 bits per heavy atom. The first-order chi connectivity index (χ1) is 9.28. The van der Waals surface area contributed by atoms with Gasteiger partial charge in [0.25, 0.3) is 0 Å². The van der Waals surface area contributed by atoms with E-state index in [4.69, 9.17) is 11.1 Å². The molecular formula is C13H18FN3O2S. The van der Waals surface area contributed by atoms with E-state index in [1.807, 2.05) is 11.8 Å². The molecule has 1 aliphatic rings. The molecular weight excluding hydrogens is 281 g/mol. The van der Waals surface area contributed by atoms with Gasteiger partial charge in [0.05, 0.1) is 11.5 Å². The zero-order valence-corrected chi connectivity index (χ0v) is 12.1. The van der Waals surface area contributed by atoms with Crippen molar-refractivity contribution in [3.8, 4) is 0 Å². The first kappa shape index (κ1) is 14.9. The number of halogens is 1. The molecule has 7 heteroatoms. The first-order valence-electron chi connectivity index (χ1n) is 6.36. The van der Waals surface area contributed by atoms with Crippen LogP contribution in [-0.2, 0) is 16.4 Å². The third-order valence-electron chi connectivity index (χ3n) is 3.54. The van der Waals surface area contributed by atoms with E-state index in [0.717, 1.165) is 5.56 Å². The van der Waals surface area contributed by atoms with Crippen LogP contribution in [0.3, 0.4) is 0 Å². The lowest BCUT2D eigenvalue weighted by atomic mass is 10.1. The minimum Gasteiger partial charge on any atom is -0.384 e. The summed E-state index contributed by atoms with van der Waals surface area (Å²) in [7, 11) is -2.96. The summed E-state index contributed by atoms with van der Waals surface area (Å²) in [5, 5.41) is 7.50. The Kier molecular flexibility index (Phi) is 4.10. The third-order valence-corrected chi connectivity index (χ3v) is 5.34. The molecule has 0 aliphatic carbocycles. The van der Waals surface area contributed by atoms with Crippen LogP contribution < -0.4 is 5.73 Å². The molecule has 0 radical (unpaired) electrons. The molecule has 1 atom stereocenters.